The molecule has 0 spiro atoms. The third kappa shape index (κ3) is 5.66. The lowest BCUT2D eigenvalue weighted by atomic mass is 10.1. The van der Waals surface area contributed by atoms with Gasteiger partial charge in [0.1, 0.15) is 5.75 Å². The molecule has 2 aliphatic heterocycles. The number of ether oxygens (including phenoxy) is 1. The van der Waals surface area contributed by atoms with E-state index >= 15 is 0 Å². The zero-order valence-corrected chi connectivity index (χ0v) is 17.5. The van der Waals surface area contributed by atoms with Crippen LogP contribution in [0, 0.1) is 0 Å². The molecular weight excluding hydrogens is 420 g/mol. The number of carbonyl (C=O) groups excluding carboxylic acids is 2. The van der Waals surface area contributed by atoms with Crippen molar-refractivity contribution in [1.82, 2.24) is 14.7 Å². The molecule has 1 aromatic rings. The van der Waals surface area contributed by atoms with Gasteiger partial charge in [0.15, 0.2) is 9.84 Å². The van der Waals surface area contributed by atoms with E-state index in [1.807, 2.05) is 4.90 Å². The largest absolute Gasteiger partial charge is 0.435 e. The Morgan fingerprint density at radius 2 is 1.93 bits per heavy atom. The second-order valence-electron chi connectivity index (χ2n) is 7.54. The van der Waals surface area contributed by atoms with E-state index in [-0.39, 0.29) is 47.2 Å². The van der Waals surface area contributed by atoms with Crippen LogP contribution in [0.1, 0.15) is 16.8 Å². The molecule has 2 amide bonds. The molecule has 0 aromatic heterocycles. The monoisotopic (exact) mass is 445 g/mol. The topological polar surface area (TPSA) is 87.2 Å². The fourth-order valence-electron chi connectivity index (χ4n) is 3.68. The van der Waals surface area contributed by atoms with E-state index in [2.05, 4.69) is 4.74 Å². The molecule has 0 N–H and O–H groups in total. The van der Waals surface area contributed by atoms with Gasteiger partial charge in [0.05, 0.1) is 18.1 Å². The lowest BCUT2D eigenvalue weighted by molar-refractivity contribution is -0.133. The average molecular weight is 445 g/mol. The number of benzene rings is 1. The van der Waals surface area contributed by atoms with Crippen molar-refractivity contribution in [3.05, 3.63) is 29.8 Å². The molecule has 8 nitrogen and oxygen atoms in total. The van der Waals surface area contributed by atoms with Crippen molar-refractivity contribution in [1.29, 1.82) is 0 Å². The first-order valence-electron chi connectivity index (χ1n) is 9.67. The molecule has 1 aromatic carbocycles. The van der Waals surface area contributed by atoms with Gasteiger partial charge in [-0.3, -0.25) is 14.5 Å². The Morgan fingerprint density at radius 1 is 1.23 bits per heavy atom. The molecule has 2 saturated heterocycles. The summed E-state index contributed by atoms with van der Waals surface area (Å²) >= 11 is 0. The van der Waals surface area contributed by atoms with Crippen molar-refractivity contribution < 1.29 is 31.5 Å². The number of hydrogen-bond donors (Lipinski definition) is 0. The summed E-state index contributed by atoms with van der Waals surface area (Å²) in [5.41, 5.74) is 0.264. The van der Waals surface area contributed by atoms with Crippen LogP contribution in [0.15, 0.2) is 24.3 Å². The van der Waals surface area contributed by atoms with Gasteiger partial charge in [0, 0.05) is 44.8 Å². The summed E-state index contributed by atoms with van der Waals surface area (Å²) in [4.78, 5) is 30.2. The highest BCUT2D eigenvalue weighted by atomic mass is 32.2. The first-order chi connectivity index (χ1) is 14.1. The van der Waals surface area contributed by atoms with E-state index < -0.39 is 16.4 Å². The quantitative estimate of drug-likeness (QED) is 0.641. The number of piperazine rings is 1. The summed E-state index contributed by atoms with van der Waals surface area (Å²) in [6.45, 7) is -1.03. The molecule has 3 rings (SSSR count). The second kappa shape index (κ2) is 9.25. The molecule has 0 bridgehead atoms. The summed E-state index contributed by atoms with van der Waals surface area (Å²) in [5.74, 6) is -0.384. The number of hydrogen-bond acceptors (Lipinski definition) is 6. The summed E-state index contributed by atoms with van der Waals surface area (Å²) in [6.07, 6.45) is 0.460. The van der Waals surface area contributed by atoms with Gasteiger partial charge in [-0.1, -0.05) is 6.07 Å². The zero-order valence-electron chi connectivity index (χ0n) is 16.7. The molecular formula is C19H25F2N3O5S. The normalized spacial score (nSPS) is 21.6. The van der Waals surface area contributed by atoms with Crippen LogP contribution in [-0.4, -0.2) is 98.9 Å². The summed E-state index contributed by atoms with van der Waals surface area (Å²) < 4.78 is 52.3. The molecule has 1 atom stereocenters. The number of rotatable bonds is 6. The van der Waals surface area contributed by atoms with Crippen molar-refractivity contribution in [2.45, 2.75) is 19.1 Å². The van der Waals surface area contributed by atoms with E-state index in [1.165, 1.54) is 23.1 Å². The fraction of sp³-hybridized carbons (Fsp3) is 0.579. The van der Waals surface area contributed by atoms with Gasteiger partial charge in [0.2, 0.25) is 5.91 Å². The van der Waals surface area contributed by atoms with Crippen LogP contribution in [0.2, 0.25) is 0 Å². The smallest absolute Gasteiger partial charge is 0.387 e. The molecule has 11 heteroatoms. The number of nitrogens with zero attached hydrogens (tertiary/aromatic N) is 3. The highest BCUT2D eigenvalue weighted by molar-refractivity contribution is 7.91. The maximum atomic E-state index is 12.6. The summed E-state index contributed by atoms with van der Waals surface area (Å²) in [7, 11) is -1.44. The van der Waals surface area contributed by atoms with Gasteiger partial charge in [-0.15, -0.1) is 0 Å². The molecule has 0 aliphatic carbocycles. The second-order valence-corrected chi connectivity index (χ2v) is 9.76. The third-order valence-electron chi connectivity index (χ3n) is 5.47. The molecule has 0 saturated carbocycles. The summed E-state index contributed by atoms with van der Waals surface area (Å²) in [5, 5.41) is 0. The van der Waals surface area contributed by atoms with Crippen molar-refractivity contribution >= 4 is 21.7 Å². The highest BCUT2D eigenvalue weighted by Crippen LogP contribution is 2.19. The van der Waals surface area contributed by atoms with Crippen molar-refractivity contribution in [3.8, 4) is 5.75 Å². The SMILES string of the molecule is CN(C(=O)CN1CCN(C(=O)c2cccc(OC(F)F)c2)CC1)[C@@H]1CCS(=O)(=O)C1. The maximum Gasteiger partial charge on any atom is 0.387 e. The van der Waals surface area contributed by atoms with E-state index in [9.17, 15) is 26.8 Å². The van der Waals surface area contributed by atoms with Crippen LogP contribution < -0.4 is 4.74 Å². The molecule has 2 aliphatic rings. The molecule has 166 valence electrons. The Labute approximate surface area is 174 Å². The first kappa shape index (κ1) is 22.4. The predicted octanol–water partition coefficient (Wildman–Crippen LogP) is 0.691. The Kier molecular flexibility index (Phi) is 6.91. The van der Waals surface area contributed by atoms with Crippen LogP contribution in [0.4, 0.5) is 8.78 Å². The van der Waals surface area contributed by atoms with Crippen molar-refractivity contribution in [2.24, 2.45) is 0 Å². The lowest BCUT2D eigenvalue weighted by Crippen LogP contribution is -2.52. The van der Waals surface area contributed by atoms with Gasteiger partial charge in [-0.2, -0.15) is 8.78 Å². The lowest BCUT2D eigenvalue weighted by Gasteiger charge is -2.35. The van der Waals surface area contributed by atoms with Gasteiger partial charge in [0.25, 0.3) is 5.91 Å². The van der Waals surface area contributed by atoms with E-state index in [0.29, 0.717) is 32.6 Å². The molecule has 0 unspecified atom stereocenters. The minimum Gasteiger partial charge on any atom is -0.435 e. The molecule has 30 heavy (non-hydrogen) atoms. The number of halogens is 2. The Hall–Kier alpha value is -2.27. The standard InChI is InChI=1S/C19H25F2N3O5S/c1-22(15-5-10-30(27,28)13-15)17(25)12-23-6-8-24(9-7-23)18(26)14-3-2-4-16(11-14)29-19(20)21/h2-4,11,15,19H,5-10,12-13H2,1H3/t15-/m1/s1. The minimum absolute atomic E-state index is 0.00581. The Balaban J connectivity index is 1.50. The average Bonchev–Trinajstić information content (AvgIpc) is 3.07. The van der Waals surface area contributed by atoms with E-state index in [0.717, 1.165) is 0 Å². The molecule has 2 heterocycles. The number of amides is 2. The van der Waals surface area contributed by atoms with Crippen LogP contribution in [0.3, 0.4) is 0 Å². The fourth-order valence-corrected chi connectivity index (χ4v) is 5.46. The predicted molar refractivity (Wildman–Crippen MR) is 105 cm³/mol. The van der Waals surface area contributed by atoms with E-state index in [1.54, 1.807) is 18.0 Å². The van der Waals surface area contributed by atoms with Gasteiger partial charge < -0.3 is 14.5 Å². The van der Waals surface area contributed by atoms with Crippen molar-refractivity contribution in [3.63, 3.8) is 0 Å². The summed E-state index contributed by atoms with van der Waals surface area (Å²) in [6, 6.07) is 5.39. The number of carbonyl (C=O) groups is 2. The first-order valence-corrected chi connectivity index (χ1v) is 11.5. The molecule has 2 fully saturated rings. The number of likely N-dealkylation sites (N-methyl/N-ethyl adjacent to an activating group) is 1. The number of alkyl halides is 2. The number of sulfone groups is 1. The van der Waals surface area contributed by atoms with Gasteiger partial charge in [-0.05, 0) is 24.6 Å². The third-order valence-corrected chi connectivity index (χ3v) is 7.22. The van der Waals surface area contributed by atoms with E-state index in [4.69, 9.17) is 0 Å². The zero-order chi connectivity index (χ0) is 21.9. The van der Waals surface area contributed by atoms with Crippen LogP contribution >= 0.6 is 0 Å². The van der Waals surface area contributed by atoms with Gasteiger partial charge in [-0.25, -0.2) is 8.42 Å². The Morgan fingerprint density at radius 3 is 2.53 bits per heavy atom. The minimum atomic E-state index is -3.06. The van der Waals surface area contributed by atoms with Crippen LogP contribution in [-0.2, 0) is 14.6 Å². The highest BCUT2D eigenvalue weighted by Gasteiger charge is 2.33. The van der Waals surface area contributed by atoms with Crippen LogP contribution in [0.5, 0.6) is 5.75 Å². The van der Waals surface area contributed by atoms with Crippen LogP contribution in [0.25, 0.3) is 0 Å². The molecule has 0 radical (unpaired) electrons. The van der Waals surface area contributed by atoms with Crippen molar-refractivity contribution in [2.75, 3.05) is 51.3 Å². The Bertz CT molecular complexity index is 888. The maximum absolute atomic E-state index is 12.6. The van der Waals surface area contributed by atoms with Gasteiger partial charge >= 0.3 is 6.61 Å².